The zero-order valence-corrected chi connectivity index (χ0v) is 10.8. The lowest BCUT2D eigenvalue weighted by Gasteiger charge is -2.09. The van der Waals surface area contributed by atoms with Crippen molar-refractivity contribution in [2.24, 2.45) is 0 Å². The van der Waals surface area contributed by atoms with E-state index in [1.165, 1.54) is 24.7 Å². The Bertz CT molecular complexity index is 736. The van der Waals surface area contributed by atoms with Crippen LogP contribution in [0.5, 0.6) is 0 Å². The van der Waals surface area contributed by atoms with Crippen molar-refractivity contribution < 1.29 is 8.42 Å². The molecule has 2 aromatic rings. The Labute approximate surface area is 110 Å². The first-order chi connectivity index (χ1) is 9.03. The van der Waals surface area contributed by atoms with Gasteiger partial charge in [0, 0.05) is 12.4 Å². The van der Waals surface area contributed by atoms with Gasteiger partial charge < -0.3 is 0 Å². The zero-order chi connectivity index (χ0) is 13.9. The fourth-order valence-electron chi connectivity index (χ4n) is 1.50. The lowest BCUT2D eigenvalue weighted by atomic mass is 10.2. The molecular weight excluding hydrogens is 264 g/mol. The summed E-state index contributed by atoms with van der Waals surface area (Å²) in [6.45, 7) is 1.66. The van der Waals surface area contributed by atoms with Gasteiger partial charge in [0.05, 0.1) is 22.7 Å². The molecule has 0 unspecified atom stereocenters. The van der Waals surface area contributed by atoms with E-state index in [-0.39, 0.29) is 16.3 Å². The molecular formula is C12H10N4O2S. The molecule has 0 saturated carbocycles. The number of hydrogen-bond donors (Lipinski definition) is 1. The van der Waals surface area contributed by atoms with E-state index in [0.717, 1.165) is 0 Å². The van der Waals surface area contributed by atoms with Gasteiger partial charge in [-0.2, -0.15) is 5.26 Å². The maximum absolute atomic E-state index is 12.2. The second-order valence-corrected chi connectivity index (χ2v) is 5.44. The molecule has 0 saturated heterocycles. The standard InChI is InChI=1S/C12H10N4O2S/c1-9-2-3-10(7-13)6-11(9)19(17,18)16-12-8-14-4-5-15-12/h2-6,8H,1H3,(H,15,16). The highest BCUT2D eigenvalue weighted by atomic mass is 32.2. The second kappa shape index (κ2) is 5.04. The molecule has 1 aromatic heterocycles. The van der Waals surface area contributed by atoms with E-state index in [9.17, 15) is 8.42 Å². The summed E-state index contributed by atoms with van der Waals surface area (Å²) in [7, 11) is -3.78. The van der Waals surface area contributed by atoms with Crippen molar-refractivity contribution in [2.45, 2.75) is 11.8 Å². The molecule has 7 heteroatoms. The number of aryl methyl sites for hydroxylation is 1. The third kappa shape index (κ3) is 2.86. The highest BCUT2D eigenvalue weighted by Crippen LogP contribution is 2.19. The van der Waals surface area contributed by atoms with Crippen molar-refractivity contribution in [3.63, 3.8) is 0 Å². The molecule has 96 valence electrons. The molecule has 0 atom stereocenters. The van der Waals surface area contributed by atoms with Crippen molar-refractivity contribution >= 4 is 15.8 Å². The minimum absolute atomic E-state index is 0.0530. The van der Waals surface area contributed by atoms with Crippen LogP contribution in [0.1, 0.15) is 11.1 Å². The normalized spacial score (nSPS) is 10.7. The van der Waals surface area contributed by atoms with Gasteiger partial charge in [-0.25, -0.2) is 13.4 Å². The van der Waals surface area contributed by atoms with Crippen LogP contribution in [0, 0.1) is 18.3 Å². The molecule has 6 nitrogen and oxygen atoms in total. The predicted octanol–water partition coefficient (Wildman–Crippen LogP) is 1.46. The Hall–Kier alpha value is -2.46. The highest BCUT2D eigenvalue weighted by molar-refractivity contribution is 7.92. The van der Waals surface area contributed by atoms with Crippen LogP contribution in [0.2, 0.25) is 0 Å². The summed E-state index contributed by atoms with van der Waals surface area (Å²) in [5.74, 6) is 0.129. The monoisotopic (exact) mass is 274 g/mol. The van der Waals surface area contributed by atoms with Gasteiger partial charge in [0.1, 0.15) is 0 Å². The number of nitrogens with zero attached hydrogens (tertiary/aromatic N) is 3. The Morgan fingerprint density at radius 1 is 1.32 bits per heavy atom. The van der Waals surface area contributed by atoms with Gasteiger partial charge in [0.15, 0.2) is 5.82 Å². The number of hydrogen-bond acceptors (Lipinski definition) is 5. The van der Waals surface area contributed by atoms with E-state index in [1.54, 1.807) is 19.1 Å². The number of anilines is 1. The molecule has 0 radical (unpaired) electrons. The number of aromatic nitrogens is 2. The van der Waals surface area contributed by atoms with Gasteiger partial charge in [-0.3, -0.25) is 9.71 Å². The minimum Gasteiger partial charge on any atom is -0.262 e. The first-order valence-electron chi connectivity index (χ1n) is 5.32. The van der Waals surface area contributed by atoms with Crippen molar-refractivity contribution in [3.05, 3.63) is 47.9 Å². The molecule has 0 spiro atoms. The SMILES string of the molecule is Cc1ccc(C#N)cc1S(=O)(=O)Nc1cnccn1. The molecule has 0 bridgehead atoms. The largest absolute Gasteiger partial charge is 0.263 e. The fraction of sp³-hybridized carbons (Fsp3) is 0.0833. The fourth-order valence-corrected chi connectivity index (χ4v) is 2.77. The number of rotatable bonds is 3. The van der Waals surface area contributed by atoms with Crippen molar-refractivity contribution in [2.75, 3.05) is 4.72 Å². The van der Waals surface area contributed by atoms with Crippen LogP contribution < -0.4 is 4.72 Å². The predicted molar refractivity (Wildman–Crippen MR) is 68.7 cm³/mol. The quantitative estimate of drug-likeness (QED) is 0.914. The Morgan fingerprint density at radius 2 is 2.11 bits per heavy atom. The molecule has 1 N–H and O–H groups in total. The van der Waals surface area contributed by atoms with E-state index >= 15 is 0 Å². The average molecular weight is 274 g/mol. The third-order valence-corrected chi connectivity index (χ3v) is 3.91. The van der Waals surface area contributed by atoms with Crippen molar-refractivity contribution in [3.8, 4) is 6.07 Å². The lowest BCUT2D eigenvalue weighted by molar-refractivity contribution is 0.600. The molecule has 1 heterocycles. The summed E-state index contributed by atoms with van der Waals surface area (Å²) in [6, 6.07) is 6.39. The Balaban J connectivity index is 2.43. The molecule has 0 aliphatic rings. The Kier molecular flexibility index (Phi) is 3.44. The molecule has 0 amide bonds. The van der Waals surface area contributed by atoms with Gasteiger partial charge in [-0.1, -0.05) is 6.07 Å². The number of sulfonamides is 1. The van der Waals surface area contributed by atoms with Crippen LogP contribution in [0.4, 0.5) is 5.82 Å². The van der Waals surface area contributed by atoms with Crippen molar-refractivity contribution in [1.29, 1.82) is 5.26 Å². The molecule has 0 aliphatic heterocycles. The summed E-state index contributed by atoms with van der Waals surface area (Å²) in [5, 5.41) is 8.82. The smallest absolute Gasteiger partial charge is 0.262 e. The molecule has 0 fully saturated rings. The van der Waals surface area contributed by atoms with Crippen LogP contribution >= 0.6 is 0 Å². The van der Waals surface area contributed by atoms with Gasteiger partial charge in [0.2, 0.25) is 0 Å². The highest BCUT2D eigenvalue weighted by Gasteiger charge is 2.18. The summed E-state index contributed by atoms with van der Waals surface area (Å²) in [6.07, 6.45) is 4.14. The van der Waals surface area contributed by atoms with E-state index in [0.29, 0.717) is 5.56 Å². The first-order valence-corrected chi connectivity index (χ1v) is 6.81. The summed E-state index contributed by atoms with van der Waals surface area (Å²) < 4.78 is 26.7. The maximum atomic E-state index is 12.2. The van der Waals surface area contributed by atoms with Crippen LogP contribution in [-0.2, 0) is 10.0 Å². The number of benzene rings is 1. The van der Waals surface area contributed by atoms with E-state index < -0.39 is 10.0 Å². The second-order valence-electron chi connectivity index (χ2n) is 3.79. The van der Waals surface area contributed by atoms with Gasteiger partial charge in [-0.05, 0) is 24.6 Å². The van der Waals surface area contributed by atoms with Crippen LogP contribution in [0.25, 0.3) is 0 Å². The molecule has 19 heavy (non-hydrogen) atoms. The lowest BCUT2D eigenvalue weighted by Crippen LogP contribution is -2.15. The van der Waals surface area contributed by atoms with Gasteiger partial charge in [0.25, 0.3) is 10.0 Å². The van der Waals surface area contributed by atoms with E-state index in [1.807, 2.05) is 6.07 Å². The van der Waals surface area contributed by atoms with E-state index in [4.69, 9.17) is 5.26 Å². The van der Waals surface area contributed by atoms with Crippen molar-refractivity contribution in [1.82, 2.24) is 9.97 Å². The zero-order valence-electron chi connectivity index (χ0n) is 10.0. The van der Waals surface area contributed by atoms with Crippen LogP contribution in [0.3, 0.4) is 0 Å². The average Bonchev–Trinajstić information content (AvgIpc) is 2.39. The topological polar surface area (TPSA) is 95.7 Å². The number of nitriles is 1. The first kappa shape index (κ1) is 13.0. The molecule has 1 aromatic carbocycles. The molecule has 2 rings (SSSR count). The van der Waals surface area contributed by atoms with Gasteiger partial charge in [-0.15, -0.1) is 0 Å². The van der Waals surface area contributed by atoms with E-state index in [2.05, 4.69) is 14.7 Å². The summed E-state index contributed by atoms with van der Waals surface area (Å²) in [5.41, 5.74) is 0.834. The minimum atomic E-state index is -3.78. The summed E-state index contributed by atoms with van der Waals surface area (Å²) >= 11 is 0. The van der Waals surface area contributed by atoms with Gasteiger partial charge >= 0.3 is 0 Å². The van der Waals surface area contributed by atoms with Crippen LogP contribution in [0.15, 0.2) is 41.7 Å². The maximum Gasteiger partial charge on any atom is 0.263 e. The molecule has 0 aliphatic carbocycles. The third-order valence-electron chi connectivity index (χ3n) is 2.41. The summed E-state index contributed by atoms with van der Waals surface area (Å²) in [4.78, 5) is 7.67. The van der Waals surface area contributed by atoms with Crippen LogP contribution in [-0.4, -0.2) is 18.4 Å². The Morgan fingerprint density at radius 3 is 2.74 bits per heavy atom. The number of nitrogens with one attached hydrogen (secondary N) is 1.